The molecule has 22 heavy (non-hydrogen) atoms. The fourth-order valence-electron chi connectivity index (χ4n) is 3.03. The summed E-state index contributed by atoms with van der Waals surface area (Å²) >= 11 is 0. The van der Waals surface area contributed by atoms with E-state index in [0.717, 1.165) is 24.3 Å². The van der Waals surface area contributed by atoms with E-state index in [0.29, 0.717) is 32.2 Å². The van der Waals surface area contributed by atoms with E-state index in [-0.39, 0.29) is 5.91 Å². The number of hydrogen-bond acceptors (Lipinski definition) is 4. The molecule has 1 saturated heterocycles. The Balaban J connectivity index is 1.57. The van der Waals surface area contributed by atoms with Crippen molar-refractivity contribution in [2.24, 2.45) is 5.73 Å². The molecule has 1 aliphatic carbocycles. The van der Waals surface area contributed by atoms with Crippen LogP contribution in [-0.2, 0) is 9.53 Å². The minimum Gasteiger partial charge on any atom is -0.490 e. The third kappa shape index (κ3) is 3.59. The second-order valence-corrected chi connectivity index (χ2v) is 6.27. The average molecular weight is 304 g/mol. The van der Waals surface area contributed by atoms with Gasteiger partial charge in [-0.15, -0.1) is 0 Å². The Morgan fingerprint density at radius 1 is 1.18 bits per heavy atom. The summed E-state index contributed by atoms with van der Waals surface area (Å²) in [7, 11) is 0. The van der Waals surface area contributed by atoms with E-state index in [1.165, 1.54) is 12.8 Å². The molecule has 3 N–H and O–H groups in total. The highest BCUT2D eigenvalue weighted by Gasteiger charge is 2.35. The number of amides is 1. The van der Waals surface area contributed by atoms with Crippen LogP contribution in [0.4, 0.5) is 5.69 Å². The Bertz CT molecular complexity index is 503. The molecule has 1 aromatic rings. The molecule has 2 fully saturated rings. The van der Waals surface area contributed by atoms with Crippen LogP contribution in [0.25, 0.3) is 0 Å². The smallest absolute Gasteiger partial charge is 0.244 e. The topological polar surface area (TPSA) is 73.6 Å². The maximum atomic E-state index is 12.3. The number of rotatable bonds is 4. The Kier molecular flexibility index (Phi) is 4.64. The lowest BCUT2D eigenvalue weighted by molar-refractivity contribution is -0.124. The van der Waals surface area contributed by atoms with E-state index in [1.54, 1.807) is 0 Å². The van der Waals surface area contributed by atoms with Gasteiger partial charge in [0.1, 0.15) is 11.3 Å². The molecule has 3 rings (SSSR count). The Labute approximate surface area is 131 Å². The summed E-state index contributed by atoms with van der Waals surface area (Å²) in [6.07, 6.45) is 6.23. The lowest BCUT2D eigenvalue weighted by Crippen LogP contribution is -2.54. The fraction of sp³-hybridized carbons (Fsp3) is 0.588. The third-order valence-electron chi connectivity index (χ3n) is 4.55. The van der Waals surface area contributed by atoms with Crippen LogP contribution >= 0.6 is 0 Å². The molecule has 0 radical (unpaired) electrons. The Morgan fingerprint density at radius 3 is 2.45 bits per heavy atom. The van der Waals surface area contributed by atoms with Gasteiger partial charge in [0.15, 0.2) is 0 Å². The lowest BCUT2D eigenvalue weighted by atomic mass is 9.90. The molecule has 0 bridgehead atoms. The summed E-state index contributed by atoms with van der Waals surface area (Å²) in [6, 6.07) is 7.54. The van der Waals surface area contributed by atoms with Crippen molar-refractivity contribution < 1.29 is 14.3 Å². The van der Waals surface area contributed by atoms with Crippen molar-refractivity contribution in [2.45, 2.75) is 50.2 Å². The fourth-order valence-corrected chi connectivity index (χ4v) is 3.03. The van der Waals surface area contributed by atoms with Gasteiger partial charge in [-0.2, -0.15) is 0 Å². The van der Waals surface area contributed by atoms with E-state index in [2.05, 4.69) is 5.32 Å². The van der Waals surface area contributed by atoms with Crippen LogP contribution in [0.15, 0.2) is 24.3 Å². The third-order valence-corrected chi connectivity index (χ3v) is 4.55. The average Bonchev–Trinajstić information content (AvgIpc) is 3.03. The summed E-state index contributed by atoms with van der Waals surface area (Å²) < 4.78 is 11.2. The molecule has 1 aromatic carbocycles. The van der Waals surface area contributed by atoms with Crippen LogP contribution in [0.5, 0.6) is 5.75 Å². The number of nitrogens with two attached hydrogens (primary N) is 1. The molecule has 120 valence electrons. The number of carbonyl (C=O) groups excluding carboxylic acids is 1. The van der Waals surface area contributed by atoms with Gasteiger partial charge >= 0.3 is 0 Å². The van der Waals surface area contributed by atoms with Gasteiger partial charge in [0.2, 0.25) is 5.91 Å². The van der Waals surface area contributed by atoms with Gasteiger partial charge in [0.05, 0.1) is 6.10 Å². The van der Waals surface area contributed by atoms with E-state index in [4.69, 9.17) is 15.2 Å². The van der Waals surface area contributed by atoms with Gasteiger partial charge in [-0.1, -0.05) is 0 Å². The Hall–Kier alpha value is -1.59. The zero-order chi connectivity index (χ0) is 15.4. The molecule has 5 nitrogen and oxygen atoms in total. The van der Waals surface area contributed by atoms with Crippen LogP contribution in [0.3, 0.4) is 0 Å². The van der Waals surface area contributed by atoms with Gasteiger partial charge < -0.3 is 20.5 Å². The molecule has 0 aromatic heterocycles. The summed E-state index contributed by atoms with van der Waals surface area (Å²) in [5, 5.41) is 2.90. The van der Waals surface area contributed by atoms with Crippen molar-refractivity contribution in [3.05, 3.63) is 24.3 Å². The predicted octanol–water partition coefficient (Wildman–Crippen LogP) is 2.45. The first kappa shape index (κ1) is 15.3. The highest BCUT2D eigenvalue weighted by molar-refractivity contribution is 5.98. The van der Waals surface area contributed by atoms with Crippen LogP contribution < -0.4 is 15.8 Å². The maximum absolute atomic E-state index is 12.3. The normalized spacial score (nSPS) is 21.5. The van der Waals surface area contributed by atoms with Gasteiger partial charge in [-0.05, 0) is 62.8 Å². The highest BCUT2D eigenvalue weighted by Crippen LogP contribution is 2.26. The van der Waals surface area contributed by atoms with Crippen molar-refractivity contribution in [1.29, 1.82) is 0 Å². The first-order valence-corrected chi connectivity index (χ1v) is 8.10. The molecular weight excluding hydrogens is 280 g/mol. The quantitative estimate of drug-likeness (QED) is 0.896. The monoisotopic (exact) mass is 304 g/mol. The number of hydrogen-bond donors (Lipinski definition) is 2. The SMILES string of the molecule is NC1(C(=O)Nc2ccc(OC3CCCC3)cc2)CCOCC1. The van der Waals surface area contributed by atoms with Crippen molar-refractivity contribution in [1.82, 2.24) is 0 Å². The van der Waals surface area contributed by atoms with Crippen LogP contribution in [-0.4, -0.2) is 30.8 Å². The zero-order valence-corrected chi connectivity index (χ0v) is 12.8. The second kappa shape index (κ2) is 6.67. The van der Waals surface area contributed by atoms with Crippen molar-refractivity contribution in [3.8, 4) is 5.75 Å². The molecule has 5 heteroatoms. The van der Waals surface area contributed by atoms with E-state index in [9.17, 15) is 4.79 Å². The van der Waals surface area contributed by atoms with Crippen LogP contribution in [0.1, 0.15) is 38.5 Å². The van der Waals surface area contributed by atoms with Gasteiger partial charge in [-0.3, -0.25) is 4.79 Å². The lowest BCUT2D eigenvalue weighted by Gasteiger charge is -2.31. The van der Waals surface area contributed by atoms with Gasteiger partial charge in [0, 0.05) is 18.9 Å². The van der Waals surface area contributed by atoms with Crippen LogP contribution in [0, 0.1) is 0 Å². The number of ether oxygens (including phenoxy) is 2. The summed E-state index contributed by atoms with van der Waals surface area (Å²) in [5.74, 6) is 0.721. The van der Waals surface area contributed by atoms with E-state index >= 15 is 0 Å². The number of anilines is 1. The van der Waals surface area contributed by atoms with Crippen molar-refractivity contribution in [2.75, 3.05) is 18.5 Å². The molecule has 0 spiro atoms. The highest BCUT2D eigenvalue weighted by atomic mass is 16.5. The van der Waals surface area contributed by atoms with Gasteiger partial charge in [0.25, 0.3) is 0 Å². The van der Waals surface area contributed by atoms with E-state index < -0.39 is 5.54 Å². The second-order valence-electron chi connectivity index (χ2n) is 6.27. The van der Waals surface area contributed by atoms with E-state index in [1.807, 2.05) is 24.3 Å². The van der Waals surface area contributed by atoms with Crippen molar-refractivity contribution >= 4 is 11.6 Å². The summed E-state index contributed by atoms with van der Waals surface area (Å²) in [5.41, 5.74) is 6.10. The zero-order valence-electron chi connectivity index (χ0n) is 12.8. The minimum atomic E-state index is -0.822. The summed E-state index contributed by atoms with van der Waals surface area (Å²) in [6.45, 7) is 1.08. The number of carbonyl (C=O) groups is 1. The predicted molar refractivity (Wildman–Crippen MR) is 84.9 cm³/mol. The number of benzene rings is 1. The molecule has 0 unspecified atom stereocenters. The molecule has 1 aliphatic heterocycles. The molecule has 1 amide bonds. The summed E-state index contributed by atoms with van der Waals surface area (Å²) in [4.78, 5) is 12.3. The Morgan fingerprint density at radius 2 is 1.82 bits per heavy atom. The molecule has 2 aliphatic rings. The van der Waals surface area contributed by atoms with Crippen molar-refractivity contribution in [3.63, 3.8) is 0 Å². The molecular formula is C17H24N2O3. The minimum absolute atomic E-state index is 0.139. The largest absolute Gasteiger partial charge is 0.490 e. The van der Waals surface area contributed by atoms with Gasteiger partial charge in [-0.25, -0.2) is 0 Å². The molecule has 1 saturated carbocycles. The molecule has 1 heterocycles. The standard InChI is InChI=1S/C17H24N2O3/c18-17(9-11-21-12-10-17)16(20)19-13-5-7-15(8-6-13)22-14-3-1-2-4-14/h5-8,14H,1-4,9-12,18H2,(H,19,20). The number of nitrogens with one attached hydrogen (secondary N) is 1. The van der Waals surface area contributed by atoms with Crippen LogP contribution in [0.2, 0.25) is 0 Å². The first-order chi connectivity index (χ1) is 10.7. The maximum Gasteiger partial charge on any atom is 0.244 e. The first-order valence-electron chi connectivity index (χ1n) is 8.10. The molecule has 0 atom stereocenters.